The van der Waals surface area contributed by atoms with Gasteiger partial charge in [-0.3, -0.25) is 4.90 Å². The van der Waals surface area contributed by atoms with E-state index in [1.165, 1.54) is 28.4 Å². The average molecular weight is 831 g/mol. The maximum absolute atomic E-state index is 14.7. The monoisotopic (exact) mass is 830 g/mol. The van der Waals surface area contributed by atoms with Gasteiger partial charge in [0.2, 0.25) is 0 Å². The van der Waals surface area contributed by atoms with Crippen molar-refractivity contribution in [2.45, 2.75) is 59.8 Å². The number of hydrogen-bond donors (Lipinski definition) is 0. The molecule has 0 saturated heterocycles. The first kappa shape index (κ1) is 41.5. The Labute approximate surface area is 339 Å². The maximum atomic E-state index is 14.7. The van der Waals surface area contributed by atoms with Crippen LogP contribution in [0.2, 0.25) is 0 Å². The normalized spacial score (nSPS) is 12.3. The van der Waals surface area contributed by atoms with Crippen LogP contribution in [-0.2, 0) is 23.2 Å². The highest BCUT2D eigenvalue weighted by Crippen LogP contribution is 2.72. The number of aromatic nitrogens is 1. The number of carbonyl (C=O) groups is 1. The minimum absolute atomic E-state index is 0.0290. The van der Waals surface area contributed by atoms with E-state index < -0.39 is 32.1 Å². The molecule has 14 heteroatoms. The van der Waals surface area contributed by atoms with Crippen LogP contribution in [0.3, 0.4) is 0 Å². The predicted octanol–water partition coefficient (Wildman–Crippen LogP) is 10.6. The molecule has 11 nitrogen and oxygen atoms in total. The largest absolute Gasteiger partial charge is 0.497 e. The highest BCUT2D eigenvalue weighted by atomic mass is 32.3. The van der Waals surface area contributed by atoms with Gasteiger partial charge in [-0.1, -0.05) is 17.7 Å². The van der Waals surface area contributed by atoms with E-state index in [0.29, 0.717) is 54.8 Å². The maximum Gasteiger partial charge on any atom is 0.414 e. The number of hydrogen-bond acceptors (Lipinski definition) is 11. The van der Waals surface area contributed by atoms with E-state index in [4.69, 9.17) is 32.3 Å². The van der Waals surface area contributed by atoms with Gasteiger partial charge in [0.15, 0.2) is 6.79 Å². The van der Waals surface area contributed by atoms with Crippen molar-refractivity contribution >= 4 is 53.8 Å². The first-order valence-electron chi connectivity index (χ1n) is 18.0. The second kappa shape index (κ2) is 17.2. The lowest BCUT2D eigenvalue weighted by molar-refractivity contribution is 0.0225. The molecule has 6 aromatic rings. The minimum atomic E-state index is -4.51. The molecule has 1 heterocycles. The zero-order valence-corrected chi connectivity index (χ0v) is 35.5. The van der Waals surface area contributed by atoms with E-state index >= 15 is 0 Å². The number of amides is 1. The summed E-state index contributed by atoms with van der Waals surface area (Å²) >= 11 is 1.44. The van der Waals surface area contributed by atoms with Crippen LogP contribution in [0.4, 0.5) is 10.5 Å². The molecule has 0 aliphatic heterocycles. The molecule has 0 atom stereocenters. The van der Waals surface area contributed by atoms with Gasteiger partial charge < -0.3 is 23.7 Å². The SMILES string of the molecule is CCOCOc1ccc2nc(-c3ccc(N(C)C(=O)OC(C)(C)C)c(S(OS(=O)(=O)c4ccc(C)cc4)(c4ccc(OC)cc4)c4ccc(OC)cc4)c3)sc2c1. The summed E-state index contributed by atoms with van der Waals surface area (Å²) in [6, 6.07) is 31.7. The lowest BCUT2D eigenvalue weighted by Crippen LogP contribution is -2.34. The zero-order chi connectivity index (χ0) is 41.0. The topological polar surface area (TPSA) is 123 Å². The van der Waals surface area contributed by atoms with Gasteiger partial charge in [-0.15, -0.1) is 11.3 Å². The Morgan fingerprint density at radius 3 is 1.91 bits per heavy atom. The van der Waals surface area contributed by atoms with E-state index in [-0.39, 0.29) is 11.7 Å². The standard InChI is InChI=1S/C43H46N2O9S3/c1-9-51-28-52-33-17-24-37-39(27-33)55-41(44-37)30-12-25-38(45(6)42(46)53-43(3,4)5)40(26-30)56(34-20-13-31(49-7)14-21-34,35-22-15-32(50-8)16-23-35)54-57(47,48)36-18-10-29(2)11-19-36/h10-27H,9,28H2,1-8H3. The average Bonchev–Trinajstić information content (AvgIpc) is 3.63. The fraction of sp³-hybridized carbons (Fsp3) is 0.256. The number of benzene rings is 5. The van der Waals surface area contributed by atoms with E-state index in [9.17, 15) is 13.2 Å². The Hall–Kier alpha value is -5.12. The number of thiazole rings is 1. The van der Waals surface area contributed by atoms with Crippen molar-refractivity contribution in [3.05, 3.63) is 115 Å². The van der Waals surface area contributed by atoms with Crippen molar-refractivity contribution in [3.8, 4) is 27.8 Å². The lowest BCUT2D eigenvalue weighted by atomic mass is 10.2. The molecule has 1 aromatic heterocycles. The van der Waals surface area contributed by atoms with Gasteiger partial charge in [0, 0.05) is 33.9 Å². The van der Waals surface area contributed by atoms with E-state index in [2.05, 4.69) is 0 Å². The molecule has 57 heavy (non-hydrogen) atoms. The van der Waals surface area contributed by atoms with Crippen molar-refractivity contribution in [2.24, 2.45) is 0 Å². The Balaban J connectivity index is 1.67. The summed E-state index contributed by atoms with van der Waals surface area (Å²) < 4.78 is 65.2. The predicted molar refractivity (Wildman–Crippen MR) is 225 cm³/mol. The molecule has 5 aromatic carbocycles. The number of nitrogens with zero attached hydrogens (tertiary/aromatic N) is 2. The molecule has 0 N–H and O–H groups in total. The van der Waals surface area contributed by atoms with Crippen LogP contribution in [-0.4, -0.2) is 59.8 Å². The van der Waals surface area contributed by atoms with Gasteiger partial charge in [0.05, 0.1) is 35.0 Å². The second-order valence-electron chi connectivity index (χ2n) is 13.9. The number of rotatable bonds is 14. The van der Waals surface area contributed by atoms with Crippen LogP contribution >= 0.6 is 21.6 Å². The summed E-state index contributed by atoms with van der Waals surface area (Å²) in [6.07, 6.45) is -0.643. The number of carbonyl (C=O) groups excluding carboxylic acids is 1. The van der Waals surface area contributed by atoms with Crippen LogP contribution in [0.15, 0.2) is 129 Å². The van der Waals surface area contributed by atoms with Gasteiger partial charge in [0.1, 0.15) is 27.9 Å². The Bertz CT molecular complexity index is 2400. The second-order valence-corrected chi connectivity index (χ2v) is 19.3. The third-order valence-electron chi connectivity index (χ3n) is 8.70. The molecular formula is C43H46N2O9S3. The summed E-state index contributed by atoms with van der Waals surface area (Å²) in [5.74, 6) is 1.75. The Morgan fingerprint density at radius 2 is 1.35 bits per heavy atom. The van der Waals surface area contributed by atoms with E-state index in [1.807, 2.05) is 44.2 Å². The first-order chi connectivity index (χ1) is 27.2. The van der Waals surface area contributed by atoms with Crippen LogP contribution in [0, 0.1) is 6.92 Å². The smallest absolute Gasteiger partial charge is 0.414 e. The summed E-state index contributed by atoms with van der Waals surface area (Å²) in [7, 11) is -3.15. The van der Waals surface area contributed by atoms with Gasteiger partial charge in [0.25, 0.3) is 0 Å². The number of methoxy groups -OCH3 is 2. The van der Waals surface area contributed by atoms with Crippen molar-refractivity contribution in [2.75, 3.05) is 39.6 Å². The summed E-state index contributed by atoms with van der Waals surface area (Å²) in [5, 5.41) is 0.652. The third-order valence-corrected chi connectivity index (χ3v) is 15.0. The number of fused-ring (bicyclic) bond motifs is 1. The molecule has 6 rings (SSSR count). The Kier molecular flexibility index (Phi) is 12.5. The van der Waals surface area contributed by atoms with Gasteiger partial charge >= 0.3 is 16.2 Å². The molecule has 0 radical (unpaired) electrons. The molecule has 300 valence electrons. The minimum Gasteiger partial charge on any atom is -0.497 e. The quantitative estimate of drug-likeness (QED) is 0.0774. The summed E-state index contributed by atoms with van der Waals surface area (Å²) in [4.78, 5) is 21.7. The molecule has 0 aliphatic rings. The summed E-state index contributed by atoms with van der Waals surface area (Å²) in [5.41, 5.74) is 1.84. The molecule has 0 fully saturated rings. The highest BCUT2D eigenvalue weighted by Gasteiger charge is 2.42. The van der Waals surface area contributed by atoms with Crippen molar-refractivity contribution < 1.29 is 40.5 Å². The van der Waals surface area contributed by atoms with Crippen LogP contribution < -0.4 is 19.1 Å². The third kappa shape index (κ3) is 9.21. The molecule has 0 bridgehead atoms. The highest BCUT2D eigenvalue weighted by molar-refractivity contribution is 8.33. The van der Waals surface area contributed by atoms with Crippen LogP contribution in [0.25, 0.3) is 20.8 Å². The summed E-state index contributed by atoms with van der Waals surface area (Å²) in [6.45, 7) is 9.77. The lowest BCUT2D eigenvalue weighted by Gasteiger charge is -2.41. The zero-order valence-electron chi connectivity index (χ0n) is 33.1. The van der Waals surface area contributed by atoms with E-state index in [1.54, 1.807) is 109 Å². The van der Waals surface area contributed by atoms with Crippen molar-refractivity contribution in [1.29, 1.82) is 0 Å². The van der Waals surface area contributed by atoms with Crippen LogP contribution in [0.1, 0.15) is 33.3 Å². The molecule has 1 amide bonds. The van der Waals surface area contributed by atoms with Crippen molar-refractivity contribution in [3.63, 3.8) is 0 Å². The first-order valence-corrected chi connectivity index (χ1v) is 21.8. The Morgan fingerprint density at radius 1 is 0.772 bits per heavy atom. The number of aryl methyl sites for hydroxylation is 1. The van der Waals surface area contributed by atoms with Gasteiger partial charge in [-0.05, 0) is 142 Å². The van der Waals surface area contributed by atoms with E-state index in [0.717, 1.165) is 15.8 Å². The molecular weight excluding hydrogens is 785 g/mol. The van der Waals surface area contributed by atoms with Crippen molar-refractivity contribution in [1.82, 2.24) is 4.98 Å². The molecule has 0 spiro atoms. The fourth-order valence-electron chi connectivity index (χ4n) is 5.81. The molecule has 0 aliphatic carbocycles. The van der Waals surface area contributed by atoms with Crippen LogP contribution in [0.5, 0.6) is 17.2 Å². The van der Waals surface area contributed by atoms with Gasteiger partial charge in [-0.25, -0.2) is 13.4 Å². The number of ether oxygens (including phenoxy) is 5. The number of anilines is 1. The molecule has 0 unspecified atom stereocenters. The van der Waals surface area contributed by atoms with Gasteiger partial charge in [-0.2, -0.15) is 8.42 Å². The fourth-order valence-corrected chi connectivity index (χ4v) is 12.2. The molecule has 0 saturated carbocycles.